The summed E-state index contributed by atoms with van der Waals surface area (Å²) in [5.41, 5.74) is 6.58. The fourth-order valence-electron chi connectivity index (χ4n) is 6.93. The first kappa shape index (κ1) is 36.3. The number of phenols is 2. The van der Waals surface area contributed by atoms with Gasteiger partial charge in [0.05, 0.1) is 14.2 Å². The number of hydrogen-bond donors (Lipinski definition) is 2. The van der Waals surface area contributed by atoms with Crippen molar-refractivity contribution >= 4 is 45.2 Å². The Hall–Kier alpha value is -2.94. The van der Waals surface area contributed by atoms with E-state index >= 15 is 0 Å². The highest BCUT2D eigenvalue weighted by atomic mass is 127. The monoisotopic (exact) mass is 878 g/mol. The lowest BCUT2D eigenvalue weighted by Gasteiger charge is -2.36. The number of rotatable bonds is 2. The minimum atomic E-state index is -0.101. The van der Waals surface area contributed by atoms with Crippen molar-refractivity contribution in [2.45, 2.75) is 37.8 Å². The Labute approximate surface area is 311 Å². The van der Waals surface area contributed by atoms with Crippen LogP contribution in [0.2, 0.25) is 0 Å². The lowest BCUT2D eigenvalue weighted by molar-refractivity contribution is 0.222. The molecule has 2 atom stereocenters. The van der Waals surface area contributed by atoms with Gasteiger partial charge in [-0.05, 0) is 120 Å². The fourth-order valence-corrected chi connectivity index (χ4v) is 6.93. The van der Waals surface area contributed by atoms with Crippen molar-refractivity contribution in [3.05, 3.63) is 94.0 Å². The van der Waals surface area contributed by atoms with Gasteiger partial charge in [-0.3, -0.25) is 9.80 Å². The summed E-state index contributed by atoms with van der Waals surface area (Å²) in [6, 6.07) is 19.7. The molecule has 0 aliphatic carbocycles. The van der Waals surface area contributed by atoms with Crippen LogP contribution in [0.3, 0.4) is 0 Å². The van der Waals surface area contributed by atoms with Crippen molar-refractivity contribution in [3.63, 3.8) is 0 Å². The second kappa shape index (κ2) is 16.2. The highest BCUT2D eigenvalue weighted by molar-refractivity contribution is 14.1. The summed E-state index contributed by atoms with van der Waals surface area (Å²) < 4.78 is 24.3. The molecule has 0 fully saturated rings. The Balaban J connectivity index is 0.00000109. The number of likely N-dealkylation sites (N-methyl/N-ethyl adjacent to an activating group) is 2. The lowest BCUT2D eigenvalue weighted by atomic mass is 9.87. The van der Waals surface area contributed by atoms with Gasteiger partial charge in [-0.1, -0.05) is 63.4 Å². The van der Waals surface area contributed by atoms with E-state index in [2.05, 4.69) is 93.3 Å². The fraction of sp³-hybridized carbons (Fsp3) is 0.368. The van der Waals surface area contributed by atoms with Crippen LogP contribution >= 0.6 is 45.2 Å². The summed E-state index contributed by atoms with van der Waals surface area (Å²) in [7, 11) is 7.45. The van der Waals surface area contributed by atoms with E-state index < -0.39 is 0 Å². The van der Waals surface area contributed by atoms with Crippen LogP contribution < -0.4 is 18.9 Å². The highest BCUT2D eigenvalue weighted by Gasteiger charge is 2.33. The number of aromatic hydroxyl groups is 2. The van der Waals surface area contributed by atoms with Crippen molar-refractivity contribution in [3.8, 4) is 46.0 Å². The van der Waals surface area contributed by atoms with Gasteiger partial charge in [-0.15, -0.1) is 0 Å². The molecule has 4 heterocycles. The summed E-state index contributed by atoms with van der Waals surface area (Å²) >= 11 is 4.30. The predicted molar refractivity (Wildman–Crippen MR) is 208 cm³/mol. The third-order valence-electron chi connectivity index (χ3n) is 9.46. The van der Waals surface area contributed by atoms with Gasteiger partial charge in [0.15, 0.2) is 34.5 Å². The number of ether oxygens (including phenoxy) is 4. The summed E-state index contributed by atoms with van der Waals surface area (Å²) in [6.45, 7) is 1.77. The van der Waals surface area contributed by atoms with Gasteiger partial charge in [0.2, 0.25) is 5.75 Å². The van der Waals surface area contributed by atoms with Crippen molar-refractivity contribution in [1.82, 2.24) is 9.80 Å². The highest BCUT2D eigenvalue weighted by Crippen LogP contribution is 2.50. The van der Waals surface area contributed by atoms with E-state index in [-0.39, 0.29) is 23.6 Å². The summed E-state index contributed by atoms with van der Waals surface area (Å²) in [5.74, 6) is 3.08. The molecule has 48 heavy (non-hydrogen) atoms. The predicted octanol–water partition coefficient (Wildman–Crippen LogP) is 8.66. The second-order valence-corrected chi connectivity index (χ2v) is 12.1. The molecule has 4 aromatic carbocycles. The van der Waals surface area contributed by atoms with E-state index in [0.717, 1.165) is 49.0 Å². The van der Waals surface area contributed by atoms with Crippen LogP contribution in [0.5, 0.6) is 46.0 Å². The zero-order valence-corrected chi connectivity index (χ0v) is 32.7. The minimum absolute atomic E-state index is 0.0123. The van der Waals surface area contributed by atoms with Gasteiger partial charge in [0.1, 0.15) is 5.75 Å². The molecule has 8 nitrogen and oxygen atoms in total. The Morgan fingerprint density at radius 3 is 1.98 bits per heavy atom. The topological polar surface area (TPSA) is 83.9 Å². The van der Waals surface area contributed by atoms with E-state index in [9.17, 15) is 10.2 Å². The van der Waals surface area contributed by atoms with E-state index in [0.29, 0.717) is 40.9 Å². The zero-order valence-electron chi connectivity index (χ0n) is 28.3. The quantitative estimate of drug-likeness (QED) is 0.153. The molecule has 0 unspecified atom stereocenters. The van der Waals surface area contributed by atoms with Gasteiger partial charge >= 0.3 is 0 Å². The first-order valence-electron chi connectivity index (χ1n) is 15.9. The van der Waals surface area contributed by atoms with Crippen molar-refractivity contribution in [1.29, 1.82) is 0 Å². The first-order chi connectivity index (χ1) is 23.3. The average Bonchev–Trinajstić information content (AvgIpc) is 3.11. The molecule has 0 saturated carbocycles. The van der Waals surface area contributed by atoms with Crippen molar-refractivity contribution in [2.24, 2.45) is 0 Å². The van der Waals surface area contributed by atoms with Crippen molar-refractivity contribution < 1.29 is 29.2 Å². The van der Waals surface area contributed by atoms with Crippen LogP contribution in [-0.4, -0.2) is 71.3 Å². The normalized spacial score (nSPS) is 18.2. The van der Waals surface area contributed by atoms with Gasteiger partial charge in [0, 0.05) is 30.7 Å². The molecule has 0 aromatic heterocycles. The molecule has 4 aliphatic rings. The molecule has 256 valence electrons. The molecule has 10 heteroatoms. The maximum atomic E-state index is 11.4. The number of benzene rings is 4. The van der Waals surface area contributed by atoms with Crippen molar-refractivity contribution in [2.75, 3.05) is 51.3 Å². The van der Waals surface area contributed by atoms with Crippen LogP contribution in [0.4, 0.5) is 0 Å². The molecule has 0 radical (unpaired) electrons. The summed E-state index contributed by atoms with van der Waals surface area (Å²) in [6.07, 6.45) is 3.11. The third-order valence-corrected chi connectivity index (χ3v) is 9.46. The molecule has 0 saturated heterocycles. The molecule has 6 bridgehead atoms. The molecular formula is C38H44I2N2O6. The number of fused-ring (bicyclic) bond motifs is 2. The molecule has 8 rings (SSSR count). The van der Waals surface area contributed by atoms with E-state index in [1.165, 1.54) is 16.7 Å². The number of halogens is 2. The Bertz CT molecular complexity index is 1730. The van der Waals surface area contributed by atoms with E-state index in [4.69, 9.17) is 18.9 Å². The number of phenolic OH excluding ortho intramolecular Hbond substituents is 2. The van der Waals surface area contributed by atoms with Crippen LogP contribution in [0.1, 0.15) is 45.5 Å². The van der Waals surface area contributed by atoms with Gasteiger partial charge < -0.3 is 29.2 Å². The second-order valence-electron chi connectivity index (χ2n) is 12.1. The summed E-state index contributed by atoms with van der Waals surface area (Å²) in [4.78, 5) is 8.59. The molecule has 4 aliphatic heterocycles. The van der Waals surface area contributed by atoms with E-state index in [1.54, 1.807) is 20.3 Å². The molecular weight excluding hydrogens is 834 g/mol. The van der Waals surface area contributed by atoms with Gasteiger partial charge in [-0.2, -0.15) is 0 Å². The Kier molecular flexibility index (Phi) is 12.2. The molecule has 0 amide bonds. The number of nitrogens with zero attached hydrogens (tertiary/aromatic N) is 2. The molecule has 2 N–H and O–H groups in total. The SMILES string of the molecule is CI.CI.COc1cc2c3cc1Oc1cc(ccc1O)C[C@H]1c4c(cc(OC)c(O)c4Oc4ccc(cc4)C[C@@H]3N(C)CC2)CCN1C. The average molecular weight is 879 g/mol. The zero-order chi connectivity index (χ0) is 34.5. The lowest BCUT2D eigenvalue weighted by Crippen LogP contribution is -2.34. The Morgan fingerprint density at radius 2 is 1.29 bits per heavy atom. The number of alkyl halides is 2. The number of hydrogen-bond acceptors (Lipinski definition) is 8. The van der Waals surface area contributed by atoms with Crippen LogP contribution in [0.15, 0.2) is 60.7 Å². The van der Waals surface area contributed by atoms with Crippen LogP contribution in [0, 0.1) is 0 Å². The van der Waals surface area contributed by atoms with Gasteiger partial charge in [0.25, 0.3) is 0 Å². The molecule has 0 spiro atoms. The largest absolute Gasteiger partial charge is 0.504 e. The third kappa shape index (κ3) is 7.31. The van der Waals surface area contributed by atoms with Crippen LogP contribution in [-0.2, 0) is 25.7 Å². The van der Waals surface area contributed by atoms with Gasteiger partial charge in [-0.25, -0.2) is 0 Å². The standard InChI is InChI=1S/C36H38N2O6.2CH3I/c1-37-13-11-23-18-31(41-3)32-20-26(23)27(37)15-21-5-8-25(9-6-21)43-36-34-24(19-33(42-4)35(36)40)12-14-38(2)28(34)16-22-7-10-29(39)30(17-22)44-32;2*1-2/h5-10,17-20,27-28,39-40H,11-16H2,1-4H3;2*1H3/t27-,28-;;/m0../s1. The van der Waals surface area contributed by atoms with Crippen LogP contribution in [0.25, 0.3) is 0 Å². The first-order valence-corrected chi connectivity index (χ1v) is 20.2. The summed E-state index contributed by atoms with van der Waals surface area (Å²) in [5, 5.41) is 22.3. The Morgan fingerprint density at radius 1 is 0.688 bits per heavy atom. The maximum absolute atomic E-state index is 11.4. The smallest absolute Gasteiger partial charge is 0.201 e. The number of methoxy groups -OCH3 is 2. The minimum Gasteiger partial charge on any atom is -0.504 e. The maximum Gasteiger partial charge on any atom is 0.201 e. The molecule has 4 aromatic rings. The van der Waals surface area contributed by atoms with E-state index in [1.807, 2.05) is 40.2 Å².